The first kappa shape index (κ1) is 9.75. The zero-order valence-corrected chi connectivity index (χ0v) is 7.63. The van der Waals surface area contributed by atoms with E-state index in [2.05, 4.69) is 11.9 Å². The molecule has 0 bridgehead atoms. The number of allylic oxidation sites excluding steroid dienone is 1. The summed E-state index contributed by atoms with van der Waals surface area (Å²) in [5.74, 6) is 0. The molecule has 1 heterocycles. The predicted molar refractivity (Wildman–Crippen MR) is 51.1 cm³/mol. The topological polar surface area (TPSA) is 32.3 Å². The fourth-order valence-electron chi connectivity index (χ4n) is 1.71. The summed E-state index contributed by atoms with van der Waals surface area (Å²) in [6.45, 7) is 4.76. The SMILES string of the molecule is C=CCCC(O)CC1CCCN1. The summed E-state index contributed by atoms with van der Waals surface area (Å²) in [5, 5.41) is 12.9. The number of rotatable bonds is 5. The maximum Gasteiger partial charge on any atom is 0.0558 e. The molecule has 0 aromatic carbocycles. The lowest BCUT2D eigenvalue weighted by Crippen LogP contribution is -2.26. The number of hydrogen-bond acceptors (Lipinski definition) is 2. The smallest absolute Gasteiger partial charge is 0.0558 e. The molecule has 2 unspecified atom stereocenters. The standard InChI is InChI=1S/C10H19NO/c1-2-3-6-10(12)8-9-5-4-7-11-9/h2,9-12H,1,3-8H2. The predicted octanol–water partition coefficient (Wildman–Crippen LogP) is 1.46. The maximum atomic E-state index is 9.55. The van der Waals surface area contributed by atoms with Crippen LogP contribution in [0.25, 0.3) is 0 Å². The molecule has 0 aromatic rings. The summed E-state index contributed by atoms with van der Waals surface area (Å²) in [7, 11) is 0. The summed E-state index contributed by atoms with van der Waals surface area (Å²) in [6.07, 6.45) is 6.91. The van der Waals surface area contributed by atoms with Gasteiger partial charge in [-0.1, -0.05) is 6.08 Å². The highest BCUT2D eigenvalue weighted by molar-refractivity contribution is 4.78. The zero-order chi connectivity index (χ0) is 8.81. The minimum atomic E-state index is -0.140. The van der Waals surface area contributed by atoms with Gasteiger partial charge in [-0.25, -0.2) is 0 Å². The molecule has 12 heavy (non-hydrogen) atoms. The van der Waals surface area contributed by atoms with Crippen LogP contribution in [-0.2, 0) is 0 Å². The molecule has 1 rings (SSSR count). The Kier molecular flexibility index (Phi) is 4.33. The van der Waals surface area contributed by atoms with E-state index < -0.39 is 0 Å². The molecule has 1 aliphatic heterocycles. The van der Waals surface area contributed by atoms with Crippen LogP contribution in [0.1, 0.15) is 32.1 Å². The van der Waals surface area contributed by atoms with Gasteiger partial charge in [-0.3, -0.25) is 0 Å². The van der Waals surface area contributed by atoms with Crippen LogP contribution in [0, 0.1) is 0 Å². The van der Waals surface area contributed by atoms with E-state index in [0.717, 1.165) is 25.8 Å². The number of aliphatic hydroxyl groups is 1. The van der Waals surface area contributed by atoms with Gasteiger partial charge in [0, 0.05) is 6.04 Å². The van der Waals surface area contributed by atoms with Gasteiger partial charge < -0.3 is 10.4 Å². The van der Waals surface area contributed by atoms with Crippen LogP contribution in [0.5, 0.6) is 0 Å². The van der Waals surface area contributed by atoms with Gasteiger partial charge in [0.2, 0.25) is 0 Å². The molecule has 70 valence electrons. The monoisotopic (exact) mass is 169 g/mol. The van der Waals surface area contributed by atoms with Crippen molar-refractivity contribution in [1.82, 2.24) is 5.32 Å². The minimum Gasteiger partial charge on any atom is -0.393 e. The summed E-state index contributed by atoms with van der Waals surface area (Å²) in [6, 6.07) is 0.560. The van der Waals surface area contributed by atoms with Gasteiger partial charge in [-0.05, 0) is 38.6 Å². The quantitative estimate of drug-likeness (QED) is 0.611. The van der Waals surface area contributed by atoms with Gasteiger partial charge in [0.1, 0.15) is 0 Å². The van der Waals surface area contributed by atoms with Gasteiger partial charge in [0.25, 0.3) is 0 Å². The molecule has 1 saturated heterocycles. The third kappa shape index (κ3) is 3.37. The molecular weight excluding hydrogens is 150 g/mol. The molecule has 0 amide bonds. The van der Waals surface area contributed by atoms with Crippen LogP contribution in [0.2, 0.25) is 0 Å². The molecule has 2 atom stereocenters. The summed E-state index contributed by atoms with van der Waals surface area (Å²) < 4.78 is 0. The average molecular weight is 169 g/mol. The van der Waals surface area contributed by atoms with Crippen molar-refractivity contribution in [2.45, 2.75) is 44.2 Å². The Morgan fingerprint density at radius 3 is 3.08 bits per heavy atom. The minimum absolute atomic E-state index is 0.140. The van der Waals surface area contributed by atoms with Crippen LogP contribution >= 0.6 is 0 Å². The van der Waals surface area contributed by atoms with Crippen molar-refractivity contribution in [1.29, 1.82) is 0 Å². The van der Waals surface area contributed by atoms with Crippen molar-refractivity contribution < 1.29 is 5.11 Å². The van der Waals surface area contributed by atoms with Crippen molar-refractivity contribution in [3.05, 3.63) is 12.7 Å². The first-order chi connectivity index (χ1) is 5.83. The number of aliphatic hydroxyl groups excluding tert-OH is 1. The second-order valence-electron chi connectivity index (χ2n) is 3.55. The Labute approximate surface area is 74.7 Å². The van der Waals surface area contributed by atoms with Crippen molar-refractivity contribution in [2.24, 2.45) is 0 Å². The van der Waals surface area contributed by atoms with Crippen molar-refractivity contribution in [3.8, 4) is 0 Å². The largest absolute Gasteiger partial charge is 0.393 e. The number of hydrogen-bond donors (Lipinski definition) is 2. The van der Waals surface area contributed by atoms with E-state index in [1.165, 1.54) is 12.8 Å². The first-order valence-electron chi connectivity index (χ1n) is 4.85. The van der Waals surface area contributed by atoms with Crippen molar-refractivity contribution >= 4 is 0 Å². The van der Waals surface area contributed by atoms with E-state index in [0.29, 0.717) is 6.04 Å². The highest BCUT2D eigenvalue weighted by Crippen LogP contribution is 2.13. The van der Waals surface area contributed by atoms with Gasteiger partial charge in [-0.15, -0.1) is 6.58 Å². The second kappa shape index (κ2) is 5.33. The molecule has 1 aliphatic rings. The number of nitrogens with one attached hydrogen (secondary N) is 1. The molecule has 0 aromatic heterocycles. The van der Waals surface area contributed by atoms with Crippen LogP contribution in [0.4, 0.5) is 0 Å². The summed E-state index contributed by atoms with van der Waals surface area (Å²) >= 11 is 0. The van der Waals surface area contributed by atoms with Crippen molar-refractivity contribution in [3.63, 3.8) is 0 Å². The fourth-order valence-corrected chi connectivity index (χ4v) is 1.71. The van der Waals surface area contributed by atoms with E-state index in [9.17, 15) is 5.11 Å². The molecule has 0 saturated carbocycles. The lowest BCUT2D eigenvalue weighted by atomic mass is 10.0. The maximum absolute atomic E-state index is 9.55. The Hall–Kier alpha value is -0.340. The molecule has 2 heteroatoms. The lowest BCUT2D eigenvalue weighted by Gasteiger charge is -2.14. The second-order valence-corrected chi connectivity index (χ2v) is 3.55. The van der Waals surface area contributed by atoms with E-state index in [4.69, 9.17) is 0 Å². The molecule has 0 aliphatic carbocycles. The molecule has 1 fully saturated rings. The van der Waals surface area contributed by atoms with Gasteiger partial charge >= 0.3 is 0 Å². The summed E-state index contributed by atoms with van der Waals surface area (Å²) in [5.41, 5.74) is 0. The van der Waals surface area contributed by atoms with Gasteiger partial charge in [-0.2, -0.15) is 0 Å². The average Bonchev–Trinajstić information content (AvgIpc) is 2.53. The van der Waals surface area contributed by atoms with Crippen LogP contribution < -0.4 is 5.32 Å². The van der Waals surface area contributed by atoms with Crippen molar-refractivity contribution in [2.75, 3.05) is 6.54 Å². The first-order valence-corrected chi connectivity index (χ1v) is 4.85. The van der Waals surface area contributed by atoms with E-state index in [-0.39, 0.29) is 6.10 Å². The molecular formula is C10H19NO. The third-order valence-corrected chi connectivity index (χ3v) is 2.42. The normalized spacial score (nSPS) is 25.6. The molecule has 0 radical (unpaired) electrons. The highest BCUT2D eigenvalue weighted by atomic mass is 16.3. The van der Waals surface area contributed by atoms with E-state index >= 15 is 0 Å². The molecule has 2 nitrogen and oxygen atoms in total. The van der Waals surface area contributed by atoms with E-state index in [1.54, 1.807) is 0 Å². The Bertz CT molecular complexity index is 130. The Morgan fingerprint density at radius 1 is 1.67 bits per heavy atom. The van der Waals surface area contributed by atoms with Gasteiger partial charge in [0.15, 0.2) is 0 Å². The Morgan fingerprint density at radius 2 is 2.50 bits per heavy atom. The zero-order valence-electron chi connectivity index (χ0n) is 7.63. The third-order valence-electron chi connectivity index (χ3n) is 2.42. The van der Waals surface area contributed by atoms with Crippen LogP contribution in [0.3, 0.4) is 0 Å². The van der Waals surface area contributed by atoms with Crippen LogP contribution in [0.15, 0.2) is 12.7 Å². The Balaban J connectivity index is 2.07. The highest BCUT2D eigenvalue weighted by Gasteiger charge is 2.17. The van der Waals surface area contributed by atoms with Gasteiger partial charge in [0.05, 0.1) is 6.10 Å². The fraction of sp³-hybridized carbons (Fsp3) is 0.800. The molecule has 0 spiro atoms. The summed E-state index contributed by atoms with van der Waals surface area (Å²) in [4.78, 5) is 0. The lowest BCUT2D eigenvalue weighted by molar-refractivity contribution is 0.144. The van der Waals surface area contributed by atoms with E-state index in [1.807, 2.05) is 6.08 Å². The molecule has 2 N–H and O–H groups in total. The van der Waals surface area contributed by atoms with Crippen LogP contribution in [-0.4, -0.2) is 23.8 Å².